The summed E-state index contributed by atoms with van der Waals surface area (Å²) in [5.74, 6) is 0.119. The second-order valence-electron chi connectivity index (χ2n) is 4.17. The van der Waals surface area contributed by atoms with Gasteiger partial charge in [0.1, 0.15) is 4.90 Å². The predicted octanol–water partition coefficient (Wildman–Crippen LogP) is 0.767. The molecule has 0 aliphatic rings. The van der Waals surface area contributed by atoms with E-state index >= 15 is 0 Å². The molecule has 1 aromatic rings. The van der Waals surface area contributed by atoms with Crippen LogP contribution in [0.1, 0.15) is 20.3 Å². The third-order valence-electron chi connectivity index (χ3n) is 2.50. The molecule has 1 unspecified atom stereocenters. The molecule has 5 nitrogen and oxygen atoms in total. The summed E-state index contributed by atoms with van der Waals surface area (Å²) in [6, 6.07) is 2.79. The van der Waals surface area contributed by atoms with E-state index < -0.39 is 10.0 Å². The van der Waals surface area contributed by atoms with Crippen LogP contribution < -0.4 is 4.72 Å². The molecule has 0 spiro atoms. The fourth-order valence-corrected chi connectivity index (χ4v) is 2.82. The molecular weight excluding hydrogens is 240 g/mol. The first-order valence-corrected chi connectivity index (χ1v) is 6.99. The highest BCUT2D eigenvalue weighted by Crippen LogP contribution is 2.12. The zero-order valence-electron chi connectivity index (χ0n) is 10.00. The average Bonchev–Trinajstić information content (AvgIpc) is 2.29. The normalized spacial score (nSPS) is 13.9. The van der Waals surface area contributed by atoms with Crippen molar-refractivity contribution in [2.24, 2.45) is 5.92 Å². The molecule has 0 radical (unpaired) electrons. The molecular formula is C11H18N2O3S. The number of nitrogens with one attached hydrogen (secondary N) is 1. The Bertz CT molecular complexity index is 431. The smallest absolute Gasteiger partial charge is 0.242 e. The van der Waals surface area contributed by atoms with Crippen LogP contribution in [-0.4, -0.2) is 31.2 Å². The summed E-state index contributed by atoms with van der Waals surface area (Å²) in [7, 11) is -3.55. The molecule has 0 aromatic carbocycles. The predicted molar refractivity (Wildman–Crippen MR) is 64.9 cm³/mol. The van der Waals surface area contributed by atoms with Gasteiger partial charge in [-0.25, -0.2) is 13.1 Å². The Morgan fingerprint density at radius 2 is 2.18 bits per heavy atom. The van der Waals surface area contributed by atoms with Crippen LogP contribution in [0.3, 0.4) is 0 Å². The summed E-state index contributed by atoms with van der Waals surface area (Å²) in [5, 5.41) is 8.91. The Kier molecular flexibility index (Phi) is 5.04. The van der Waals surface area contributed by atoms with Gasteiger partial charge in [0.15, 0.2) is 0 Å². The first kappa shape index (κ1) is 14.1. The second kappa shape index (κ2) is 6.09. The largest absolute Gasteiger partial charge is 0.396 e. The Morgan fingerprint density at radius 1 is 1.47 bits per heavy atom. The van der Waals surface area contributed by atoms with Gasteiger partial charge in [0.25, 0.3) is 0 Å². The van der Waals surface area contributed by atoms with E-state index in [0.717, 1.165) is 0 Å². The van der Waals surface area contributed by atoms with E-state index in [1.54, 1.807) is 6.07 Å². The summed E-state index contributed by atoms with van der Waals surface area (Å²) in [5.41, 5.74) is 0. The lowest BCUT2D eigenvalue weighted by Crippen LogP contribution is -2.39. The highest BCUT2D eigenvalue weighted by atomic mass is 32.2. The maximum atomic E-state index is 12.0. The van der Waals surface area contributed by atoms with Gasteiger partial charge in [-0.05, 0) is 24.5 Å². The molecule has 1 aromatic heterocycles. The Morgan fingerprint density at radius 3 is 2.65 bits per heavy atom. The quantitative estimate of drug-likeness (QED) is 0.790. The Hall–Kier alpha value is -0.980. The van der Waals surface area contributed by atoms with Crippen LogP contribution >= 0.6 is 0 Å². The number of aliphatic hydroxyl groups is 1. The highest BCUT2D eigenvalue weighted by molar-refractivity contribution is 7.89. The molecule has 0 saturated carbocycles. The van der Waals surface area contributed by atoms with E-state index in [1.165, 1.54) is 18.5 Å². The molecule has 17 heavy (non-hydrogen) atoms. The lowest BCUT2D eigenvalue weighted by Gasteiger charge is -2.21. The van der Waals surface area contributed by atoms with Crippen molar-refractivity contribution in [1.82, 2.24) is 9.71 Å². The van der Waals surface area contributed by atoms with Crippen LogP contribution in [0.5, 0.6) is 0 Å². The third kappa shape index (κ3) is 4.07. The zero-order chi connectivity index (χ0) is 12.9. The second-order valence-corrected chi connectivity index (χ2v) is 5.89. The number of pyridine rings is 1. The van der Waals surface area contributed by atoms with Crippen molar-refractivity contribution in [2.45, 2.75) is 31.2 Å². The molecule has 6 heteroatoms. The van der Waals surface area contributed by atoms with Crippen LogP contribution in [0.2, 0.25) is 0 Å². The number of sulfonamides is 1. The molecule has 0 bridgehead atoms. The van der Waals surface area contributed by atoms with Crippen LogP contribution in [0.15, 0.2) is 29.4 Å². The first-order chi connectivity index (χ1) is 7.97. The first-order valence-electron chi connectivity index (χ1n) is 5.50. The van der Waals surface area contributed by atoms with Gasteiger partial charge in [-0.2, -0.15) is 0 Å². The van der Waals surface area contributed by atoms with Gasteiger partial charge in [0.2, 0.25) is 10.0 Å². The fraction of sp³-hybridized carbons (Fsp3) is 0.545. The van der Waals surface area contributed by atoms with Crippen LogP contribution in [0, 0.1) is 5.92 Å². The monoisotopic (exact) mass is 258 g/mol. The van der Waals surface area contributed by atoms with Gasteiger partial charge >= 0.3 is 0 Å². The van der Waals surface area contributed by atoms with E-state index in [1.807, 2.05) is 13.8 Å². The molecule has 0 aliphatic carbocycles. The average molecular weight is 258 g/mol. The Labute approximate surface area is 102 Å². The van der Waals surface area contributed by atoms with Gasteiger partial charge in [0, 0.05) is 25.0 Å². The van der Waals surface area contributed by atoms with Crippen LogP contribution in [0.4, 0.5) is 0 Å². The minimum Gasteiger partial charge on any atom is -0.396 e. The fourth-order valence-electron chi connectivity index (χ4n) is 1.44. The van der Waals surface area contributed by atoms with Crippen molar-refractivity contribution in [3.05, 3.63) is 24.5 Å². The topological polar surface area (TPSA) is 79.3 Å². The van der Waals surface area contributed by atoms with Gasteiger partial charge < -0.3 is 5.11 Å². The minimum absolute atomic E-state index is 0.0432. The number of hydrogen-bond acceptors (Lipinski definition) is 4. The lowest BCUT2D eigenvalue weighted by molar-refractivity contribution is 0.256. The van der Waals surface area contributed by atoms with E-state index in [2.05, 4.69) is 9.71 Å². The number of hydrogen-bond donors (Lipinski definition) is 2. The van der Waals surface area contributed by atoms with E-state index in [4.69, 9.17) is 5.11 Å². The number of nitrogens with zero attached hydrogens (tertiary/aromatic N) is 1. The lowest BCUT2D eigenvalue weighted by atomic mass is 10.0. The molecule has 1 atom stereocenters. The molecule has 1 heterocycles. The van der Waals surface area contributed by atoms with Crippen molar-refractivity contribution in [3.8, 4) is 0 Å². The minimum atomic E-state index is -3.55. The summed E-state index contributed by atoms with van der Waals surface area (Å²) < 4.78 is 26.6. The zero-order valence-corrected chi connectivity index (χ0v) is 10.8. The van der Waals surface area contributed by atoms with E-state index in [0.29, 0.717) is 6.42 Å². The van der Waals surface area contributed by atoms with Crippen molar-refractivity contribution >= 4 is 10.0 Å². The maximum absolute atomic E-state index is 12.0. The summed E-state index contributed by atoms with van der Waals surface area (Å²) in [4.78, 5) is 3.92. The molecule has 0 aliphatic heterocycles. The summed E-state index contributed by atoms with van der Waals surface area (Å²) >= 11 is 0. The van der Waals surface area contributed by atoms with Crippen molar-refractivity contribution in [2.75, 3.05) is 6.61 Å². The molecule has 2 N–H and O–H groups in total. The molecule has 0 fully saturated rings. The molecule has 1 rings (SSSR count). The maximum Gasteiger partial charge on any atom is 0.242 e. The van der Waals surface area contributed by atoms with Crippen molar-refractivity contribution in [3.63, 3.8) is 0 Å². The third-order valence-corrected chi connectivity index (χ3v) is 3.97. The molecule has 0 saturated heterocycles. The van der Waals surface area contributed by atoms with Gasteiger partial charge in [0.05, 0.1) is 0 Å². The van der Waals surface area contributed by atoms with E-state index in [-0.39, 0.29) is 23.5 Å². The van der Waals surface area contributed by atoms with Gasteiger partial charge in [-0.3, -0.25) is 4.98 Å². The molecule has 0 amide bonds. The highest BCUT2D eigenvalue weighted by Gasteiger charge is 2.21. The van der Waals surface area contributed by atoms with Gasteiger partial charge in [-0.1, -0.05) is 13.8 Å². The standard InChI is InChI=1S/C11H18N2O3S/c1-9(2)11(5-7-14)13-17(15,16)10-4-3-6-12-8-10/h3-4,6,8-9,11,13-14H,5,7H2,1-2H3. The SMILES string of the molecule is CC(C)C(CCO)NS(=O)(=O)c1cccnc1. The number of rotatable bonds is 6. The summed E-state index contributed by atoms with van der Waals surface area (Å²) in [6.07, 6.45) is 3.22. The summed E-state index contributed by atoms with van der Waals surface area (Å²) in [6.45, 7) is 3.77. The number of aromatic nitrogens is 1. The van der Waals surface area contributed by atoms with Gasteiger partial charge in [-0.15, -0.1) is 0 Å². The van der Waals surface area contributed by atoms with Crippen molar-refractivity contribution in [1.29, 1.82) is 0 Å². The van der Waals surface area contributed by atoms with Crippen molar-refractivity contribution < 1.29 is 13.5 Å². The number of aliphatic hydroxyl groups excluding tert-OH is 1. The Balaban J connectivity index is 2.85. The van der Waals surface area contributed by atoms with Crippen LogP contribution in [-0.2, 0) is 10.0 Å². The molecule has 96 valence electrons. The van der Waals surface area contributed by atoms with Crippen LogP contribution in [0.25, 0.3) is 0 Å². The van der Waals surface area contributed by atoms with E-state index in [9.17, 15) is 8.42 Å².